The number of hydrogen-bond acceptors (Lipinski definition) is 4. The molecule has 0 saturated carbocycles. The molecule has 1 aromatic heterocycles. The van der Waals surface area contributed by atoms with Crippen LogP contribution in [-0.2, 0) is 0 Å². The second kappa shape index (κ2) is 7.61. The topological polar surface area (TPSA) is 48.7 Å². The first-order chi connectivity index (χ1) is 10.1. The number of nitrogens with zero attached hydrogens (tertiary/aromatic N) is 2. The average Bonchev–Trinajstić information content (AvgIpc) is 3.01. The van der Waals surface area contributed by atoms with Crippen molar-refractivity contribution in [3.05, 3.63) is 23.7 Å². The number of piperazine rings is 1. The van der Waals surface area contributed by atoms with E-state index >= 15 is 0 Å². The minimum Gasteiger partial charge on any atom is -0.454 e. The van der Waals surface area contributed by atoms with Crippen molar-refractivity contribution in [2.45, 2.75) is 32.7 Å². The predicted molar refractivity (Wildman–Crippen MR) is 83.4 cm³/mol. The smallest absolute Gasteiger partial charge is 0.289 e. The Bertz CT molecular complexity index is 452. The molecule has 5 nitrogen and oxygen atoms in total. The second-order valence-electron chi connectivity index (χ2n) is 5.75. The molecule has 21 heavy (non-hydrogen) atoms. The summed E-state index contributed by atoms with van der Waals surface area (Å²) in [6.07, 6.45) is 2.36. The Morgan fingerprint density at radius 3 is 2.81 bits per heavy atom. The highest BCUT2D eigenvalue weighted by atomic mass is 16.4. The summed E-state index contributed by atoms with van der Waals surface area (Å²) in [6, 6.07) is 3.94. The summed E-state index contributed by atoms with van der Waals surface area (Å²) >= 11 is 0. The molecule has 1 aromatic rings. The first kappa shape index (κ1) is 16.0. The van der Waals surface area contributed by atoms with Crippen molar-refractivity contribution in [3.8, 4) is 0 Å². The molecule has 0 radical (unpaired) electrons. The van der Waals surface area contributed by atoms with Crippen LogP contribution in [0.3, 0.4) is 0 Å². The SMILES string of the molecule is CCCCN(C)C(C)c1ccc(C(=O)N2CCNCC2)o1. The van der Waals surface area contributed by atoms with Crippen LogP contribution in [0.1, 0.15) is 49.0 Å². The van der Waals surface area contributed by atoms with Crippen molar-refractivity contribution in [2.24, 2.45) is 0 Å². The van der Waals surface area contributed by atoms with Crippen LogP contribution in [-0.4, -0.2) is 55.5 Å². The van der Waals surface area contributed by atoms with Gasteiger partial charge in [-0.2, -0.15) is 0 Å². The zero-order chi connectivity index (χ0) is 15.2. The summed E-state index contributed by atoms with van der Waals surface area (Å²) in [5.74, 6) is 1.33. The van der Waals surface area contributed by atoms with Crippen LogP contribution in [0.4, 0.5) is 0 Å². The Balaban J connectivity index is 1.98. The third-order valence-electron chi connectivity index (χ3n) is 4.18. The Morgan fingerprint density at radius 2 is 2.14 bits per heavy atom. The zero-order valence-corrected chi connectivity index (χ0v) is 13.4. The van der Waals surface area contributed by atoms with Crippen LogP contribution in [0.2, 0.25) is 0 Å². The van der Waals surface area contributed by atoms with Crippen LogP contribution in [0.15, 0.2) is 16.5 Å². The number of carbonyl (C=O) groups excluding carboxylic acids is 1. The summed E-state index contributed by atoms with van der Waals surface area (Å²) < 4.78 is 5.81. The van der Waals surface area contributed by atoms with E-state index in [2.05, 4.69) is 31.1 Å². The third kappa shape index (κ3) is 4.08. The molecule has 0 aliphatic carbocycles. The molecule has 118 valence electrons. The highest BCUT2D eigenvalue weighted by Gasteiger charge is 2.22. The van der Waals surface area contributed by atoms with Crippen LogP contribution in [0, 0.1) is 0 Å². The molecule has 1 N–H and O–H groups in total. The van der Waals surface area contributed by atoms with Crippen molar-refractivity contribution >= 4 is 5.91 Å². The number of hydrogen-bond donors (Lipinski definition) is 1. The minimum absolute atomic E-state index is 0.00570. The van der Waals surface area contributed by atoms with Crippen molar-refractivity contribution in [3.63, 3.8) is 0 Å². The predicted octanol–water partition coefficient (Wildman–Crippen LogP) is 2.12. The summed E-state index contributed by atoms with van der Waals surface area (Å²) in [7, 11) is 2.10. The monoisotopic (exact) mass is 293 g/mol. The fraction of sp³-hybridized carbons (Fsp3) is 0.688. The van der Waals surface area contributed by atoms with Gasteiger partial charge in [0.05, 0.1) is 6.04 Å². The average molecular weight is 293 g/mol. The van der Waals surface area contributed by atoms with E-state index in [9.17, 15) is 4.79 Å². The standard InChI is InChI=1S/C16H27N3O2/c1-4-5-10-18(3)13(2)14-6-7-15(21-14)16(20)19-11-8-17-9-12-19/h6-7,13,17H,4-5,8-12H2,1-3H3. The number of carbonyl (C=O) groups is 1. The van der Waals surface area contributed by atoms with Gasteiger partial charge in [0.15, 0.2) is 5.76 Å². The molecule has 1 amide bonds. The lowest BCUT2D eigenvalue weighted by Gasteiger charge is -2.26. The molecule has 0 spiro atoms. The van der Waals surface area contributed by atoms with E-state index in [1.807, 2.05) is 17.0 Å². The van der Waals surface area contributed by atoms with Gasteiger partial charge in [-0.25, -0.2) is 0 Å². The molecule has 1 fully saturated rings. The van der Waals surface area contributed by atoms with Gasteiger partial charge >= 0.3 is 0 Å². The van der Waals surface area contributed by atoms with E-state index in [1.54, 1.807) is 0 Å². The molecule has 2 rings (SSSR count). The van der Waals surface area contributed by atoms with E-state index in [0.717, 1.165) is 38.5 Å². The van der Waals surface area contributed by atoms with Gasteiger partial charge in [-0.1, -0.05) is 13.3 Å². The molecule has 0 aromatic carbocycles. The van der Waals surface area contributed by atoms with Gasteiger partial charge in [0.2, 0.25) is 0 Å². The quantitative estimate of drug-likeness (QED) is 0.873. The summed E-state index contributed by atoms with van der Waals surface area (Å²) in [5, 5.41) is 3.25. The number of rotatable bonds is 6. The van der Waals surface area contributed by atoms with E-state index in [0.29, 0.717) is 5.76 Å². The van der Waals surface area contributed by atoms with E-state index in [1.165, 1.54) is 12.8 Å². The maximum atomic E-state index is 12.4. The van der Waals surface area contributed by atoms with Crippen LogP contribution in [0.5, 0.6) is 0 Å². The summed E-state index contributed by atoms with van der Waals surface area (Å²) in [5.41, 5.74) is 0. The molecule has 2 heterocycles. The lowest BCUT2D eigenvalue weighted by molar-refractivity contribution is 0.0698. The van der Waals surface area contributed by atoms with Crippen molar-refractivity contribution in [1.82, 2.24) is 15.1 Å². The Morgan fingerprint density at radius 1 is 1.43 bits per heavy atom. The second-order valence-corrected chi connectivity index (χ2v) is 5.75. The number of unbranched alkanes of at least 4 members (excludes halogenated alkanes) is 1. The molecule has 5 heteroatoms. The Kier molecular flexibility index (Phi) is 5.82. The van der Waals surface area contributed by atoms with Gasteiger partial charge in [0.25, 0.3) is 5.91 Å². The van der Waals surface area contributed by atoms with E-state index in [4.69, 9.17) is 4.42 Å². The molecule has 1 saturated heterocycles. The van der Waals surface area contributed by atoms with Gasteiger partial charge < -0.3 is 14.6 Å². The lowest BCUT2D eigenvalue weighted by atomic mass is 10.2. The molecular formula is C16H27N3O2. The third-order valence-corrected chi connectivity index (χ3v) is 4.18. The molecule has 1 aliphatic rings. The maximum absolute atomic E-state index is 12.4. The molecular weight excluding hydrogens is 266 g/mol. The van der Waals surface area contributed by atoms with Crippen LogP contribution in [0.25, 0.3) is 0 Å². The maximum Gasteiger partial charge on any atom is 0.289 e. The lowest BCUT2D eigenvalue weighted by Crippen LogP contribution is -2.46. The Hall–Kier alpha value is -1.33. The summed E-state index contributed by atoms with van der Waals surface area (Å²) in [6.45, 7) is 8.56. The number of nitrogens with one attached hydrogen (secondary N) is 1. The fourth-order valence-corrected chi connectivity index (χ4v) is 2.53. The van der Waals surface area contributed by atoms with E-state index < -0.39 is 0 Å². The van der Waals surface area contributed by atoms with Gasteiger partial charge in [-0.3, -0.25) is 9.69 Å². The van der Waals surface area contributed by atoms with Gasteiger partial charge in [0, 0.05) is 26.2 Å². The molecule has 1 atom stereocenters. The van der Waals surface area contributed by atoms with Gasteiger partial charge in [-0.05, 0) is 39.1 Å². The van der Waals surface area contributed by atoms with Crippen molar-refractivity contribution in [2.75, 3.05) is 39.8 Å². The molecule has 0 bridgehead atoms. The van der Waals surface area contributed by atoms with Crippen LogP contribution >= 0.6 is 0 Å². The van der Waals surface area contributed by atoms with Gasteiger partial charge in [-0.15, -0.1) is 0 Å². The van der Waals surface area contributed by atoms with Crippen LogP contribution < -0.4 is 5.32 Å². The fourth-order valence-electron chi connectivity index (χ4n) is 2.53. The largest absolute Gasteiger partial charge is 0.454 e. The van der Waals surface area contributed by atoms with E-state index in [-0.39, 0.29) is 11.9 Å². The van der Waals surface area contributed by atoms with Gasteiger partial charge in [0.1, 0.15) is 5.76 Å². The first-order valence-electron chi connectivity index (χ1n) is 7.93. The highest BCUT2D eigenvalue weighted by Crippen LogP contribution is 2.22. The number of furan rings is 1. The zero-order valence-electron chi connectivity index (χ0n) is 13.4. The van der Waals surface area contributed by atoms with Crippen molar-refractivity contribution in [1.29, 1.82) is 0 Å². The molecule has 1 aliphatic heterocycles. The Labute approximate surface area is 127 Å². The number of amides is 1. The first-order valence-corrected chi connectivity index (χ1v) is 7.93. The van der Waals surface area contributed by atoms with Crippen molar-refractivity contribution < 1.29 is 9.21 Å². The minimum atomic E-state index is 0.00570. The molecule has 1 unspecified atom stereocenters. The summed E-state index contributed by atoms with van der Waals surface area (Å²) in [4.78, 5) is 16.5. The normalized spacial score (nSPS) is 17.2. The highest BCUT2D eigenvalue weighted by molar-refractivity contribution is 5.91.